The lowest BCUT2D eigenvalue weighted by Gasteiger charge is -2.21. The zero-order valence-corrected chi connectivity index (χ0v) is 15.8. The minimum Gasteiger partial charge on any atom is -0.497 e. The largest absolute Gasteiger partial charge is 0.497 e. The number of carboxylic acid groups (broad SMARTS) is 2. The molecular weight excluding hydrogens is 362 g/mol. The predicted molar refractivity (Wildman–Crippen MR) is 105 cm³/mol. The van der Waals surface area contributed by atoms with Gasteiger partial charge in [0.15, 0.2) is 0 Å². The summed E-state index contributed by atoms with van der Waals surface area (Å²) in [5.74, 6) is -0.936. The van der Waals surface area contributed by atoms with Crippen LogP contribution in [0.15, 0.2) is 66.7 Å². The quantitative estimate of drug-likeness (QED) is 0.595. The number of hydrogen-bond acceptors (Lipinski definition) is 5. The fourth-order valence-corrected chi connectivity index (χ4v) is 2.24. The van der Waals surface area contributed by atoms with Gasteiger partial charge in [-0.15, -0.1) is 0 Å². The molecule has 7 nitrogen and oxygen atoms in total. The standard InChI is InChI=1S/C17H21NO2.C4H4O4/c1-13(18)11-17(14-7-4-3-5-8-14)20-16-10-6-9-15(12-16)19-2;5-3(6)1-2-4(7)8/h3-10,12-13,17H,11,18H2,1-2H3;1-2H,(H,5,6)(H,7,8)/b;2-1-. The number of methoxy groups -OCH3 is 1. The van der Waals surface area contributed by atoms with Gasteiger partial charge in [-0.25, -0.2) is 9.59 Å². The summed E-state index contributed by atoms with van der Waals surface area (Å²) >= 11 is 0. The van der Waals surface area contributed by atoms with Gasteiger partial charge in [0, 0.05) is 30.7 Å². The second-order valence-corrected chi connectivity index (χ2v) is 5.92. The number of carbonyl (C=O) groups is 2. The van der Waals surface area contributed by atoms with Crippen LogP contribution in [0.2, 0.25) is 0 Å². The van der Waals surface area contributed by atoms with Gasteiger partial charge >= 0.3 is 11.9 Å². The third kappa shape index (κ3) is 9.40. The first kappa shape index (κ1) is 22.7. The van der Waals surface area contributed by atoms with Gasteiger partial charge in [-0.3, -0.25) is 0 Å². The summed E-state index contributed by atoms with van der Waals surface area (Å²) in [5.41, 5.74) is 7.07. The SMILES string of the molecule is COc1cccc(OC(CC(C)N)c2ccccc2)c1.O=C(O)/C=C\C(=O)O. The van der Waals surface area contributed by atoms with Gasteiger partial charge in [0.25, 0.3) is 0 Å². The van der Waals surface area contributed by atoms with Crippen molar-refractivity contribution in [1.82, 2.24) is 0 Å². The molecule has 0 heterocycles. The number of aliphatic carboxylic acids is 2. The number of rotatable bonds is 8. The summed E-state index contributed by atoms with van der Waals surface area (Å²) in [4.78, 5) is 19.1. The van der Waals surface area contributed by atoms with Gasteiger partial charge in [0.1, 0.15) is 17.6 Å². The lowest BCUT2D eigenvalue weighted by Crippen LogP contribution is -2.21. The third-order valence-electron chi connectivity index (χ3n) is 3.45. The summed E-state index contributed by atoms with van der Waals surface area (Å²) in [5, 5.41) is 15.6. The Bertz CT molecular complexity index is 757. The van der Waals surface area contributed by atoms with Gasteiger partial charge in [0.05, 0.1) is 7.11 Å². The van der Waals surface area contributed by atoms with Crippen molar-refractivity contribution >= 4 is 11.9 Å². The minimum absolute atomic E-state index is 0.0525. The summed E-state index contributed by atoms with van der Waals surface area (Å²) in [6.07, 6.45) is 1.83. The summed E-state index contributed by atoms with van der Waals surface area (Å²) in [6, 6.07) is 17.9. The van der Waals surface area contributed by atoms with Crippen molar-refractivity contribution in [3.8, 4) is 11.5 Å². The van der Waals surface area contributed by atoms with Crippen molar-refractivity contribution in [3.05, 3.63) is 72.3 Å². The Morgan fingerprint density at radius 3 is 2.07 bits per heavy atom. The van der Waals surface area contributed by atoms with E-state index in [0.29, 0.717) is 12.2 Å². The molecule has 0 aromatic heterocycles. The van der Waals surface area contributed by atoms with Crippen molar-refractivity contribution in [1.29, 1.82) is 0 Å². The molecule has 0 fully saturated rings. The molecular formula is C21H25NO6. The molecule has 150 valence electrons. The number of hydrogen-bond donors (Lipinski definition) is 3. The maximum atomic E-state index is 9.55. The number of benzene rings is 2. The van der Waals surface area contributed by atoms with E-state index in [1.54, 1.807) is 7.11 Å². The number of carboxylic acids is 2. The molecule has 2 atom stereocenters. The van der Waals surface area contributed by atoms with E-state index in [9.17, 15) is 9.59 Å². The van der Waals surface area contributed by atoms with Crippen LogP contribution in [0.4, 0.5) is 0 Å². The first-order chi connectivity index (χ1) is 13.3. The lowest BCUT2D eigenvalue weighted by atomic mass is 10.0. The average molecular weight is 387 g/mol. The first-order valence-electron chi connectivity index (χ1n) is 8.57. The van der Waals surface area contributed by atoms with Crippen molar-refractivity contribution in [3.63, 3.8) is 0 Å². The Hall–Kier alpha value is -3.32. The highest BCUT2D eigenvalue weighted by atomic mass is 16.5. The molecule has 0 aliphatic heterocycles. The maximum Gasteiger partial charge on any atom is 0.328 e. The Morgan fingerprint density at radius 1 is 1.00 bits per heavy atom. The van der Waals surface area contributed by atoms with Crippen LogP contribution in [-0.2, 0) is 9.59 Å². The fourth-order valence-electron chi connectivity index (χ4n) is 2.24. The molecule has 0 bridgehead atoms. The normalized spacial score (nSPS) is 12.4. The summed E-state index contributed by atoms with van der Waals surface area (Å²) in [7, 11) is 1.65. The second-order valence-electron chi connectivity index (χ2n) is 5.92. The molecule has 0 saturated heterocycles. The van der Waals surface area contributed by atoms with Crippen LogP contribution in [0, 0.1) is 0 Å². The van der Waals surface area contributed by atoms with E-state index in [-0.39, 0.29) is 12.1 Å². The summed E-state index contributed by atoms with van der Waals surface area (Å²) < 4.78 is 11.3. The molecule has 0 aliphatic carbocycles. The minimum atomic E-state index is -1.26. The predicted octanol–water partition coefficient (Wildman–Crippen LogP) is 3.26. The Balaban J connectivity index is 0.000000416. The van der Waals surface area contributed by atoms with Gasteiger partial charge in [-0.1, -0.05) is 36.4 Å². The molecule has 0 radical (unpaired) electrons. The molecule has 2 rings (SSSR count). The molecule has 2 aromatic rings. The van der Waals surface area contributed by atoms with Gasteiger partial charge < -0.3 is 25.4 Å². The molecule has 7 heteroatoms. The van der Waals surface area contributed by atoms with E-state index < -0.39 is 11.9 Å². The number of ether oxygens (including phenoxy) is 2. The zero-order valence-electron chi connectivity index (χ0n) is 15.8. The molecule has 4 N–H and O–H groups in total. The monoisotopic (exact) mass is 387 g/mol. The fraction of sp³-hybridized carbons (Fsp3) is 0.238. The van der Waals surface area contributed by atoms with Gasteiger partial charge in [0.2, 0.25) is 0 Å². The van der Waals surface area contributed by atoms with Crippen LogP contribution in [0.3, 0.4) is 0 Å². The highest BCUT2D eigenvalue weighted by molar-refractivity contribution is 5.89. The molecule has 0 saturated carbocycles. The molecule has 2 aromatic carbocycles. The van der Waals surface area contributed by atoms with Crippen molar-refractivity contribution < 1.29 is 29.3 Å². The maximum absolute atomic E-state index is 9.55. The molecule has 2 unspecified atom stereocenters. The molecule has 0 spiro atoms. The summed E-state index contributed by atoms with van der Waals surface area (Å²) in [6.45, 7) is 1.99. The van der Waals surface area contributed by atoms with Crippen LogP contribution in [0.5, 0.6) is 11.5 Å². The van der Waals surface area contributed by atoms with Crippen molar-refractivity contribution in [2.75, 3.05) is 7.11 Å². The highest BCUT2D eigenvalue weighted by Gasteiger charge is 2.15. The first-order valence-corrected chi connectivity index (χ1v) is 8.57. The van der Waals surface area contributed by atoms with E-state index in [2.05, 4.69) is 12.1 Å². The lowest BCUT2D eigenvalue weighted by molar-refractivity contribution is -0.134. The Morgan fingerprint density at radius 2 is 1.57 bits per heavy atom. The van der Waals surface area contributed by atoms with Crippen molar-refractivity contribution in [2.45, 2.75) is 25.5 Å². The van der Waals surface area contributed by atoms with E-state index in [4.69, 9.17) is 25.4 Å². The van der Waals surface area contributed by atoms with Crippen LogP contribution < -0.4 is 15.2 Å². The van der Waals surface area contributed by atoms with Crippen molar-refractivity contribution in [2.24, 2.45) is 5.73 Å². The van der Waals surface area contributed by atoms with Gasteiger partial charge in [-0.2, -0.15) is 0 Å². The highest BCUT2D eigenvalue weighted by Crippen LogP contribution is 2.27. The van der Waals surface area contributed by atoms with Crippen LogP contribution in [-0.4, -0.2) is 35.3 Å². The third-order valence-corrected chi connectivity index (χ3v) is 3.45. The Kier molecular flexibility index (Phi) is 9.85. The topological polar surface area (TPSA) is 119 Å². The van der Waals surface area contributed by atoms with Gasteiger partial charge in [-0.05, 0) is 24.6 Å². The van der Waals surface area contributed by atoms with E-state index in [1.165, 1.54) is 0 Å². The molecule has 28 heavy (non-hydrogen) atoms. The van der Waals surface area contributed by atoms with Crippen LogP contribution in [0.25, 0.3) is 0 Å². The van der Waals surface area contributed by atoms with E-state index in [0.717, 1.165) is 23.5 Å². The Labute approximate surface area is 164 Å². The van der Waals surface area contributed by atoms with E-state index in [1.807, 2.05) is 49.4 Å². The van der Waals surface area contributed by atoms with Crippen LogP contribution >= 0.6 is 0 Å². The molecule has 0 amide bonds. The second kappa shape index (κ2) is 12.1. The van der Waals surface area contributed by atoms with E-state index >= 15 is 0 Å². The smallest absolute Gasteiger partial charge is 0.328 e. The van der Waals surface area contributed by atoms with Crippen LogP contribution in [0.1, 0.15) is 25.0 Å². The molecule has 0 aliphatic rings. The zero-order chi connectivity index (χ0) is 20.9. The number of nitrogens with two attached hydrogens (primary N) is 1. The average Bonchev–Trinajstić information content (AvgIpc) is 2.67.